The summed E-state index contributed by atoms with van der Waals surface area (Å²) in [6.07, 6.45) is -0.457. The van der Waals surface area contributed by atoms with Crippen LogP contribution < -0.4 is 5.32 Å². The van der Waals surface area contributed by atoms with E-state index in [4.69, 9.17) is 4.99 Å². The van der Waals surface area contributed by atoms with E-state index in [-0.39, 0.29) is 0 Å². The summed E-state index contributed by atoms with van der Waals surface area (Å²) in [4.78, 5) is 6.99. The van der Waals surface area contributed by atoms with Gasteiger partial charge in [0.15, 0.2) is 0 Å². The van der Waals surface area contributed by atoms with Crippen molar-refractivity contribution in [2.75, 3.05) is 5.32 Å². The van der Waals surface area contributed by atoms with Crippen molar-refractivity contribution in [3.8, 4) is 16.8 Å². The zero-order valence-electron chi connectivity index (χ0n) is 31.8. The molecule has 0 amide bonds. The highest BCUT2D eigenvalue weighted by Crippen LogP contribution is 2.48. The summed E-state index contributed by atoms with van der Waals surface area (Å²) in [5.41, 5.74) is 11.4. The first-order valence-electron chi connectivity index (χ1n) is 20.2. The molecule has 4 heterocycles. The monoisotopic (exact) mass is 770 g/mol. The van der Waals surface area contributed by atoms with Crippen molar-refractivity contribution in [2.45, 2.75) is 6.29 Å². The summed E-state index contributed by atoms with van der Waals surface area (Å²) in [7, 11) is 0. The van der Waals surface area contributed by atoms with Crippen molar-refractivity contribution >= 4 is 98.0 Å². The Morgan fingerprint density at radius 2 is 1.05 bits per heavy atom. The smallest absolute Gasteiger partial charge is 0.201 e. The van der Waals surface area contributed by atoms with E-state index in [1.54, 1.807) is 0 Å². The van der Waals surface area contributed by atoms with Gasteiger partial charge in [-0.1, -0.05) is 158 Å². The molecule has 0 saturated carbocycles. The first-order valence-corrected chi connectivity index (χ1v) is 21.0. The van der Waals surface area contributed by atoms with Crippen LogP contribution in [0.1, 0.15) is 16.7 Å². The highest BCUT2D eigenvalue weighted by Gasteiger charge is 2.31. The van der Waals surface area contributed by atoms with Crippen LogP contribution in [0.25, 0.3) is 92.1 Å². The van der Waals surface area contributed by atoms with Gasteiger partial charge in [-0.3, -0.25) is 4.57 Å². The highest BCUT2D eigenvalue weighted by atomic mass is 32.1. The van der Waals surface area contributed by atoms with Crippen LogP contribution >= 0.6 is 11.3 Å². The van der Waals surface area contributed by atoms with E-state index in [0.29, 0.717) is 0 Å². The Balaban J connectivity index is 1.19. The van der Waals surface area contributed by atoms with Crippen molar-refractivity contribution < 1.29 is 0 Å². The predicted octanol–water partition coefficient (Wildman–Crippen LogP) is 14.5. The van der Waals surface area contributed by atoms with Gasteiger partial charge in [-0.25, -0.2) is 4.99 Å². The van der Waals surface area contributed by atoms with E-state index in [2.05, 4.69) is 209 Å². The first kappa shape index (κ1) is 32.6. The largest absolute Gasteiger partial charge is 0.345 e. The van der Waals surface area contributed by atoms with E-state index in [9.17, 15) is 0 Å². The first-order chi connectivity index (χ1) is 29.3. The third-order valence-electron chi connectivity index (χ3n) is 12.3. The lowest BCUT2D eigenvalue weighted by atomic mass is 9.99. The molecule has 0 aliphatic carbocycles. The molecular formula is C54H34N4S. The summed E-state index contributed by atoms with van der Waals surface area (Å²) in [5.74, 6) is 0. The Labute approximate surface area is 343 Å². The molecule has 0 saturated heterocycles. The fourth-order valence-corrected chi connectivity index (χ4v) is 11.0. The summed E-state index contributed by atoms with van der Waals surface area (Å²) in [6, 6.07) is 70.6. The van der Waals surface area contributed by atoms with Gasteiger partial charge in [0.25, 0.3) is 0 Å². The third-order valence-corrected chi connectivity index (χ3v) is 13.5. The Morgan fingerprint density at radius 1 is 0.458 bits per heavy atom. The molecule has 4 nitrogen and oxygen atoms in total. The second-order valence-electron chi connectivity index (χ2n) is 15.5. The summed E-state index contributed by atoms with van der Waals surface area (Å²) in [5, 5.41) is 15.1. The fourth-order valence-electron chi connectivity index (χ4n) is 9.77. The minimum absolute atomic E-state index is 0.457. The molecule has 3 aromatic heterocycles. The molecular weight excluding hydrogens is 737 g/mol. The molecule has 0 radical (unpaired) electrons. The Kier molecular flexibility index (Phi) is 6.91. The normalized spacial score (nSPS) is 14.2. The van der Waals surface area contributed by atoms with Gasteiger partial charge in [-0.2, -0.15) is 0 Å². The van der Waals surface area contributed by atoms with Gasteiger partial charge in [0.2, 0.25) is 6.29 Å². The van der Waals surface area contributed by atoms with Crippen molar-refractivity contribution in [3.05, 3.63) is 205 Å². The molecule has 12 aromatic rings. The second-order valence-corrected chi connectivity index (χ2v) is 16.6. The Morgan fingerprint density at radius 3 is 1.81 bits per heavy atom. The number of aliphatic imine (C=N–C) groups is 1. The van der Waals surface area contributed by atoms with E-state index < -0.39 is 6.29 Å². The molecule has 13 rings (SSSR count). The number of hydrogen-bond acceptors (Lipinski definition) is 3. The van der Waals surface area contributed by atoms with Crippen LogP contribution in [0.3, 0.4) is 0 Å². The molecule has 1 aliphatic rings. The zero-order chi connectivity index (χ0) is 38.6. The number of fused-ring (bicyclic) bond motifs is 14. The van der Waals surface area contributed by atoms with Gasteiger partial charge in [0, 0.05) is 42.9 Å². The minimum Gasteiger partial charge on any atom is -0.345 e. The number of thiophene rings is 1. The second kappa shape index (κ2) is 12.5. The SMILES string of the molecule is c1ccc(-c2cccc(C3=NC(n4c5ccc6ccccc6c5c5ccc6c7c8ccccc8ccc7n(-c7ccccc7)c6c54)Nc4c3sc3ccccc43)c2)cc1. The average molecular weight is 771 g/mol. The van der Waals surface area contributed by atoms with Crippen molar-refractivity contribution in [2.24, 2.45) is 4.99 Å². The fraction of sp³-hybridized carbons (Fsp3) is 0.0185. The lowest BCUT2D eigenvalue weighted by molar-refractivity contribution is 0.627. The predicted molar refractivity (Wildman–Crippen MR) is 251 cm³/mol. The van der Waals surface area contributed by atoms with Gasteiger partial charge in [-0.05, 0) is 69.1 Å². The Hall–Kier alpha value is -7.47. The number of benzene rings is 9. The zero-order valence-corrected chi connectivity index (χ0v) is 32.6. The standard InChI is InChI=1S/C54H34N4S/c1-3-14-33(15-4-1)36-18-13-19-37(32-36)49-53-50(41-24-11-12-25-46(41)59-53)56-54(55-49)58-45-31-27-35-17-8-10-23-40(35)48(45)43-29-28-42-47-39-22-9-7-16-34(39)26-30-44(47)57(51(42)52(43)58)38-20-5-2-6-21-38/h1-32,54,56H. The molecule has 1 atom stereocenters. The van der Waals surface area contributed by atoms with E-state index >= 15 is 0 Å². The molecule has 0 spiro atoms. The van der Waals surface area contributed by atoms with Gasteiger partial charge in [-0.15, -0.1) is 11.3 Å². The molecule has 276 valence electrons. The topological polar surface area (TPSA) is 34.2 Å². The summed E-state index contributed by atoms with van der Waals surface area (Å²) in [6.45, 7) is 0. The average Bonchev–Trinajstić information content (AvgIpc) is 3.97. The quantitative estimate of drug-likeness (QED) is 0.190. The molecule has 0 bridgehead atoms. The summed E-state index contributed by atoms with van der Waals surface area (Å²) >= 11 is 1.81. The van der Waals surface area contributed by atoms with Crippen LogP contribution in [0.2, 0.25) is 0 Å². The van der Waals surface area contributed by atoms with Crippen molar-refractivity contribution in [1.29, 1.82) is 0 Å². The molecule has 1 aliphatic heterocycles. The lowest BCUT2D eigenvalue weighted by Gasteiger charge is -2.27. The third kappa shape index (κ3) is 4.74. The number of hydrogen-bond donors (Lipinski definition) is 1. The van der Waals surface area contributed by atoms with Crippen LogP contribution in [-0.4, -0.2) is 14.8 Å². The molecule has 9 aromatic carbocycles. The number of rotatable bonds is 4. The highest BCUT2D eigenvalue weighted by molar-refractivity contribution is 7.22. The van der Waals surface area contributed by atoms with Gasteiger partial charge in [0.1, 0.15) is 0 Å². The number of para-hydroxylation sites is 1. The lowest BCUT2D eigenvalue weighted by Crippen LogP contribution is -2.24. The van der Waals surface area contributed by atoms with Crippen molar-refractivity contribution in [1.82, 2.24) is 9.13 Å². The molecule has 1 N–H and O–H groups in total. The number of nitrogens with one attached hydrogen (secondary N) is 1. The maximum absolute atomic E-state index is 5.83. The molecule has 59 heavy (non-hydrogen) atoms. The van der Waals surface area contributed by atoms with E-state index in [1.807, 2.05) is 11.3 Å². The van der Waals surface area contributed by atoms with Crippen LogP contribution in [0.15, 0.2) is 199 Å². The van der Waals surface area contributed by atoms with E-state index in [0.717, 1.165) is 38.6 Å². The van der Waals surface area contributed by atoms with Crippen LogP contribution in [0.4, 0.5) is 5.69 Å². The number of aromatic nitrogens is 2. The maximum Gasteiger partial charge on any atom is 0.201 e. The van der Waals surface area contributed by atoms with Gasteiger partial charge in [0.05, 0.1) is 38.3 Å². The van der Waals surface area contributed by atoms with Crippen LogP contribution in [0.5, 0.6) is 0 Å². The molecule has 5 heteroatoms. The van der Waals surface area contributed by atoms with Gasteiger partial charge >= 0.3 is 0 Å². The minimum atomic E-state index is -0.457. The number of anilines is 1. The van der Waals surface area contributed by atoms with Crippen molar-refractivity contribution in [3.63, 3.8) is 0 Å². The van der Waals surface area contributed by atoms with Crippen LogP contribution in [-0.2, 0) is 0 Å². The summed E-state index contributed by atoms with van der Waals surface area (Å²) < 4.78 is 6.22. The molecule has 1 unspecified atom stereocenters. The molecule has 0 fully saturated rings. The van der Waals surface area contributed by atoms with E-state index in [1.165, 1.54) is 75.3 Å². The van der Waals surface area contributed by atoms with Gasteiger partial charge < -0.3 is 9.88 Å². The van der Waals surface area contributed by atoms with Crippen LogP contribution in [0, 0.1) is 0 Å². The number of nitrogens with zero attached hydrogens (tertiary/aromatic N) is 3. The Bertz CT molecular complexity index is 3700. The maximum atomic E-state index is 5.83.